The van der Waals surface area contributed by atoms with E-state index in [1.165, 1.54) is 64.2 Å². The largest absolute Gasteiger partial charge is 0.356 e. The maximum absolute atomic E-state index is 12.6. The van der Waals surface area contributed by atoms with Crippen molar-refractivity contribution in [3.63, 3.8) is 0 Å². The van der Waals surface area contributed by atoms with E-state index in [9.17, 15) is 9.59 Å². The first kappa shape index (κ1) is 30.1. The molecule has 4 heteroatoms. The lowest BCUT2D eigenvalue weighted by atomic mass is 9.84. The number of carbonyl (C=O) groups excluding carboxylic acids is 2. The lowest BCUT2D eigenvalue weighted by Crippen LogP contribution is -2.45. The van der Waals surface area contributed by atoms with Crippen LogP contribution in [0.4, 0.5) is 0 Å². The molecule has 0 saturated heterocycles. The van der Waals surface area contributed by atoms with Crippen LogP contribution in [0, 0.1) is 5.41 Å². The quantitative estimate of drug-likeness (QED) is 0.202. The summed E-state index contributed by atoms with van der Waals surface area (Å²) in [4.78, 5) is 24.6. The van der Waals surface area contributed by atoms with E-state index in [4.69, 9.17) is 0 Å². The zero-order chi connectivity index (χ0) is 23.5. The van der Waals surface area contributed by atoms with Gasteiger partial charge in [-0.1, -0.05) is 106 Å². The molecule has 1 amide bonds. The van der Waals surface area contributed by atoms with E-state index in [1.807, 2.05) is 20.8 Å². The average molecular weight is 439 g/mol. The lowest BCUT2D eigenvalue weighted by Gasteiger charge is -2.27. The molecule has 0 heterocycles. The van der Waals surface area contributed by atoms with Crippen LogP contribution in [0.25, 0.3) is 0 Å². The van der Waals surface area contributed by atoms with Crippen LogP contribution in [0.1, 0.15) is 138 Å². The summed E-state index contributed by atoms with van der Waals surface area (Å²) in [7, 11) is 0. The van der Waals surface area contributed by atoms with Gasteiger partial charge < -0.3 is 10.6 Å². The number of amides is 1. The summed E-state index contributed by atoms with van der Waals surface area (Å²) in [5, 5.41) is 6.46. The standard InChI is InChI=1S/C27H54N2O2/c1-7-8-9-10-11-12-13-14-15-16-17-21-25(30)28-22-19-18-20-24(29-23(2)3)26(31)27(4,5)6/h23-24,29H,7-22H2,1-6H3,(H,28,30)/t24-/m0/s1. The van der Waals surface area contributed by atoms with Crippen LogP contribution in [0.3, 0.4) is 0 Å². The molecule has 0 spiro atoms. The first-order chi connectivity index (χ1) is 14.7. The zero-order valence-corrected chi connectivity index (χ0v) is 21.8. The van der Waals surface area contributed by atoms with Gasteiger partial charge in [0.2, 0.25) is 5.91 Å². The van der Waals surface area contributed by atoms with Gasteiger partial charge in [0.15, 0.2) is 5.78 Å². The minimum absolute atomic E-state index is 0.0907. The normalized spacial score (nSPS) is 12.9. The molecule has 0 aliphatic rings. The minimum Gasteiger partial charge on any atom is -0.356 e. The molecule has 2 N–H and O–H groups in total. The maximum Gasteiger partial charge on any atom is 0.219 e. The van der Waals surface area contributed by atoms with Crippen molar-refractivity contribution >= 4 is 11.7 Å². The summed E-state index contributed by atoms with van der Waals surface area (Å²) < 4.78 is 0. The highest BCUT2D eigenvalue weighted by Crippen LogP contribution is 2.20. The molecule has 184 valence electrons. The Labute approximate surface area is 194 Å². The summed E-state index contributed by atoms with van der Waals surface area (Å²) in [6.45, 7) is 13.1. The van der Waals surface area contributed by atoms with Gasteiger partial charge in [0.05, 0.1) is 6.04 Å². The second kappa shape index (κ2) is 18.7. The monoisotopic (exact) mass is 438 g/mol. The highest BCUT2D eigenvalue weighted by atomic mass is 16.1. The fourth-order valence-corrected chi connectivity index (χ4v) is 3.95. The smallest absolute Gasteiger partial charge is 0.219 e. The Morgan fingerprint density at radius 1 is 0.742 bits per heavy atom. The van der Waals surface area contributed by atoms with Crippen molar-refractivity contribution in [1.82, 2.24) is 10.6 Å². The van der Waals surface area contributed by atoms with Crippen molar-refractivity contribution in [1.29, 1.82) is 0 Å². The molecule has 31 heavy (non-hydrogen) atoms. The number of Topliss-reactive ketones (excluding diaryl/α,β-unsaturated/α-hetero) is 1. The molecular weight excluding hydrogens is 384 g/mol. The highest BCUT2D eigenvalue weighted by molar-refractivity contribution is 5.88. The first-order valence-electron chi connectivity index (χ1n) is 13.3. The van der Waals surface area contributed by atoms with Gasteiger partial charge in [-0.3, -0.25) is 9.59 Å². The summed E-state index contributed by atoms with van der Waals surface area (Å²) in [5.41, 5.74) is -0.324. The third-order valence-corrected chi connectivity index (χ3v) is 5.84. The zero-order valence-electron chi connectivity index (χ0n) is 21.8. The van der Waals surface area contributed by atoms with Crippen LogP contribution < -0.4 is 10.6 Å². The van der Waals surface area contributed by atoms with Crippen LogP contribution in [-0.4, -0.2) is 30.3 Å². The van der Waals surface area contributed by atoms with Crippen molar-refractivity contribution < 1.29 is 9.59 Å². The SMILES string of the molecule is CCCCCCCCCCCCCC(=O)NCCCC[C@H](NC(C)C)C(=O)C(C)(C)C. The predicted molar refractivity (Wildman–Crippen MR) is 134 cm³/mol. The lowest BCUT2D eigenvalue weighted by molar-refractivity contribution is -0.129. The molecule has 0 unspecified atom stereocenters. The van der Waals surface area contributed by atoms with Crippen LogP contribution in [0.5, 0.6) is 0 Å². The van der Waals surface area contributed by atoms with Gasteiger partial charge in [-0.2, -0.15) is 0 Å². The molecule has 1 atom stereocenters. The van der Waals surface area contributed by atoms with Crippen molar-refractivity contribution in [2.24, 2.45) is 5.41 Å². The molecule has 0 rings (SSSR count). The maximum atomic E-state index is 12.6. The molecule has 0 fully saturated rings. The van der Waals surface area contributed by atoms with Crippen molar-refractivity contribution in [2.45, 2.75) is 150 Å². The number of hydrogen-bond acceptors (Lipinski definition) is 3. The van der Waals surface area contributed by atoms with E-state index < -0.39 is 0 Å². The number of nitrogens with one attached hydrogen (secondary N) is 2. The average Bonchev–Trinajstić information content (AvgIpc) is 2.69. The number of carbonyl (C=O) groups is 2. The number of unbranched alkanes of at least 4 members (excludes halogenated alkanes) is 11. The molecule has 0 aliphatic carbocycles. The Morgan fingerprint density at radius 2 is 1.26 bits per heavy atom. The van der Waals surface area contributed by atoms with Crippen LogP contribution in [0.15, 0.2) is 0 Å². The van der Waals surface area contributed by atoms with E-state index in [0.29, 0.717) is 12.5 Å². The molecule has 0 saturated carbocycles. The third kappa shape index (κ3) is 18.4. The fourth-order valence-electron chi connectivity index (χ4n) is 3.95. The number of rotatable bonds is 20. The molecule has 0 aromatic rings. The van der Waals surface area contributed by atoms with Gasteiger partial charge in [-0.05, 0) is 25.7 Å². The van der Waals surface area contributed by atoms with E-state index in [-0.39, 0.29) is 23.1 Å². The van der Waals surface area contributed by atoms with E-state index in [2.05, 4.69) is 31.4 Å². The fraction of sp³-hybridized carbons (Fsp3) is 0.926. The van der Waals surface area contributed by atoms with Gasteiger partial charge in [0, 0.05) is 24.4 Å². The highest BCUT2D eigenvalue weighted by Gasteiger charge is 2.29. The Hall–Kier alpha value is -0.900. The molecular formula is C27H54N2O2. The third-order valence-electron chi connectivity index (χ3n) is 5.84. The van der Waals surface area contributed by atoms with Crippen molar-refractivity contribution in [3.8, 4) is 0 Å². The van der Waals surface area contributed by atoms with Crippen LogP contribution >= 0.6 is 0 Å². The predicted octanol–water partition coefficient (Wildman–Crippen LogP) is 6.96. The molecule has 4 nitrogen and oxygen atoms in total. The molecule has 0 bridgehead atoms. The minimum atomic E-state index is -0.324. The van der Waals surface area contributed by atoms with Gasteiger partial charge in [-0.25, -0.2) is 0 Å². The topological polar surface area (TPSA) is 58.2 Å². The summed E-state index contributed by atoms with van der Waals surface area (Å²) in [6.07, 6.45) is 17.7. The Morgan fingerprint density at radius 3 is 1.74 bits per heavy atom. The number of ketones is 1. The number of hydrogen-bond donors (Lipinski definition) is 2. The molecule has 0 radical (unpaired) electrons. The first-order valence-corrected chi connectivity index (χ1v) is 13.3. The summed E-state index contributed by atoms with van der Waals surface area (Å²) in [6, 6.07) is 0.203. The van der Waals surface area contributed by atoms with Gasteiger partial charge >= 0.3 is 0 Å². The second-order valence-electron chi connectivity index (χ2n) is 10.6. The van der Waals surface area contributed by atoms with E-state index in [1.54, 1.807) is 0 Å². The van der Waals surface area contributed by atoms with Crippen LogP contribution in [-0.2, 0) is 9.59 Å². The molecule has 0 aromatic carbocycles. The summed E-state index contributed by atoms with van der Waals surface area (Å²) >= 11 is 0. The van der Waals surface area contributed by atoms with Gasteiger partial charge in [0.25, 0.3) is 0 Å². The molecule has 0 aliphatic heterocycles. The van der Waals surface area contributed by atoms with Crippen molar-refractivity contribution in [3.05, 3.63) is 0 Å². The second-order valence-corrected chi connectivity index (χ2v) is 10.6. The van der Waals surface area contributed by atoms with Crippen LogP contribution in [0.2, 0.25) is 0 Å². The van der Waals surface area contributed by atoms with Gasteiger partial charge in [0.1, 0.15) is 0 Å². The van der Waals surface area contributed by atoms with E-state index in [0.717, 1.165) is 32.2 Å². The molecule has 0 aromatic heterocycles. The van der Waals surface area contributed by atoms with E-state index >= 15 is 0 Å². The Bertz CT molecular complexity index is 455. The Kier molecular flexibility index (Phi) is 18.1. The summed E-state index contributed by atoms with van der Waals surface area (Å²) in [5.74, 6) is 0.459. The van der Waals surface area contributed by atoms with Crippen molar-refractivity contribution in [2.75, 3.05) is 6.54 Å². The van der Waals surface area contributed by atoms with Gasteiger partial charge in [-0.15, -0.1) is 0 Å². The Balaban J connectivity index is 3.69.